The number of para-hydroxylation sites is 2. The molecule has 8 aromatic rings. The molecule has 8 aromatic carbocycles. The molecule has 0 radical (unpaired) electrons. The highest BCUT2D eigenvalue weighted by Crippen LogP contribution is 2.55. The van der Waals surface area contributed by atoms with Crippen LogP contribution in [0.4, 0.5) is 51.2 Å². The molecule has 2 heterocycles. The van der Waals surface area contributed by atoms with E-state index in [1.165, 1.54) is 38.7 Å². The molecule has 0 fully saturated rings. The zero-order valence-corrected chi connectivity index (χ0v) is 42.6. The van der Waals surface area contributed by atoms with Crippen LogP contribution in [0.3, 0.4) is 0 Å². The smallest absolute Gasteiger partial charge is 0.252 e. The van der Waals surface area contributed by atoms with Gasteiger partial charge in [0.1, 0.15) is 0 Å². The lowest BCUT2D eigenvalue weighted by Crippen LogP contribution is -2.61. The van der Waals surface area contributed by atoms with Crippen LogP contribution in [0, 0.1) is 20.7 Å². The highest BCUT2D eigenvalue weighted by Gasteiger charge is 2.49. The molecular weight excluding hydrogens is 846 g/mol. The third-order valence-corrected chi connectivity index (χ3v) is 16.8. The van der Waals surface area contributed by atoms with Gasteiger partial charge in [0.2, 0.25) is 0 Å². The van der Waals surface area contributed by atoms with Crippen LogP contribution in [-0.2, 0) is 21.7 Å². The fourth-order valence-corrected chi connectivity index (χ4v) is 13.3. The first-order valence-electron chi connectivity index (χ1n) is 27.0. The number of anilines is 9. The molecule has 70 heavy (non-hydrogen) atoms. The highest BCUT2D eigenvalue weighted by molar-refractivity contribution is 7.00. The van der Waals surface area contributed by atoms with Gasteiger partial charge in [-0.1, -0.05) is 152 Å². The van der Waals surface area contributed by atoms with E-state index in [0.29, 0.717) is 5.56 Å². The number of rotatable bonds is 6. The molecule has 0 amide bonds. The molecule has 4 aliphatic rings. The van der Waals surface area contributed by atoms with Crippen LogP contribution in [0.2, 0.25) is 0 Å². The van der Waals surface area contributed by atoms with Gasteiger partial charge < -0.3 is 14.7 Å². The van der Waals surface area contributed by atoms with E-state index in [0.717, 1.165) is 92.6 Å². The van der Waals surface area contributed by atoms with E-state index >= 15 is 0 Å². The Hall–Kier alpha value is -6.78. The predicted molar refractivity (Wildman–Crippen MR) is 301 cm³/mol. The standard InChI is InChI=1S/C66H66BN3/c1-42-33-60-62-61(34-42)70(57-39-52-50(35-44(57)3)63(4,5)31-32-64(52,6)7)59-40-53-51(65(8,9)41-66(53,10)11)38-55(59)67(62)54-30-29-49(68(47-23-17-13-18-24-47)48-25-19-14-20-26-48)37-58(54)69(60)56-36-46(28-27-43(56)2)45-21-15-12-16-22-45/h12-30,33-40H,31-32,41H2,1-11H3/i1D3. The van der Waals surface area contributed by atoms with E-state index in [-0.39, 0.29) is 28.4 Å². The largest absolute Gasteiger partial charge is 0.311 e. The van der Waals surface area contributed by atoms with Crippen molar-refractivity contribution in [3.63, 3.8) is 0 Å². The number of benzene rings is 8. The van der Waals surface area contributed by atoms with Crippen molar-refractivity contribution in [2.24, 2.45) is 0 Å². The van der Waals surface area contributed by atoms with Crippen LogP contribution < -0.4 is 31.1 Å². The van der Waals surface area contributed by atoms with Crippen LogP contribution >= 0.6 is 0 Å². The SMILES string of the molecule is [2H]C([2H])([2H])c1cc2c3c(c1)N(c1cc4c(cc1C)C(C)(C)CCC4(C)C)c1cc4c(cc1B3c1ccc(N(c3ccccc3)c3ccccc3)cc1N2c1cc(-c2ccccc2)ccc1C)C(C)(C)CC4(C)C. The summed E-state index contributed by atoms with van der Waals surface area (Å²) in [5, 5.41) is 0. The van der Waals surface area contributed by atoms with Crippen molar-refractivity contribution in [2.45, 2.75) is 117 Å². The Morgan fingerprint density at radius 2 is 0.943 bits per heavy atom. The van der Waals surface area contributed by atoms with Crippen molar-refractivity contribution in [1.82, 2.24) is 0 Å². The Morgan fingerprint density at radius 3 is 1.54 bits per heavy atom. The van der Waals surface area contributed by atoms with Crippen LogP contribution in [0.5, 0.6) is 0 Å². The van der Waals surface area contributed by atoms with E-state index in [4.69, 9.17) is 0 Å². The lowest BCUT2D eigenvalue weighted by atomic mass is 9.33. The van der Waals surface area contributed by atoms with Crippen molar-refractivity contribution < 1.29 is 4.11 Å². The first-order valence-corrected chi connectivity index (χ1v) is 25.5. The van der Waals surface area contributed by atoms with Gasteiger partial charge in [-0.25, -0.2) is 0 Å². The van der Waals surface area contributed by atoms with Crippen LogP contribution in [0.25, 0.3) is 11.1 Å². The first-order chi connectivity index (χ1) is 34.6. The molecule has 0 spiro atoms. The summed E-state index contributed by atoms with van der Waals surface area (Å²) in [6.45, 7) is 21.1. The fraction of sp³-hybridized carbons (Fsp3) is 0.273. The normalized spacial score (nSPS) is 18.1. The third-order valence-electron chi connectivity index (χ3n) is 16.8. The molecule has 12 rings (SSSR count). The van der Waals surface area contributed by atoms with Gasteiger partial charge in [0.05, 0.1) is 0 Å². The molecule has 0 bridgehead atoms. The minimum absolute atomic E-state index is 0.0294. The molecule has 2 aliphatic heterocycles. The van der Waals surface area contributed by atoms with Crippen molar-refractivity contribution in [1.29, 1.82) is 0 Å². The second-order valence-electron chi connectivity index (χ2n) is 23.5. The summed E-state index contributed by atoms with van der Waals surface area (Å²) < 4.78 is 27.8. The first kappa shape index (κ1) is 41.0. The number of nitrogens with zero attached hydrogens (tertiary/aromatic N) is 3. The molecular formula is C66H66BN3. The lowest BCUT2D eigenvalue weighted by molar-refractivity contribution is 0.332. The van der Waals surface area contributed by atoms with E-state index < -0.39 is 6.85 Å². The van der Waals surface area contributed by atoms with E-state index in [1.807, 2.05) is 12.1 Å². The topological polar surface area (TPSA) is 9.72 Å². The second-order valence-corrected chi connectivity index (χ2v) is 23.5. The highest BCUT2D eigenvalue weighted by atomic mass is 15.2. The number of fused-ring (bicyclic) bond motifs is 6. The minimum atomic E-state index is -2.40. The average molecular weight is 915 g/mol. The molecule has 0 saturated heterocycles. The van der Waals surface area contributed by atoms with Gasteiger partial charge in [0.15, 0.2) is 0 Å². The van der Waals surface area contributed by atoms with E-state index in [1.54, 1.807) is 0 Å². The van der Waals surface area contributed by atoms with E-state index in [2.05, 4.69) is 236 Å². The molecule has 348 valence electrons. The Kier molecular flexibility index (Phi) is 9.16. The van der Waals surface area contributed by atoms with Gasteiger partial charge in [-0.3, -0.25) is 0 Å². The Labute approximate surface area is 422 Å². The molecule has 0 aromatic heterocycles. The Balaban J connectivity index is 1.22. The number of hydrogen-bond acceptors (Lipinski definition) is 3. The van der Waals surface area contributed by atoms with Crippen molar-refractivity contribution in [3.05, 3.63) is 203 Å². The van der Waals surface area contributed by atoms with Crippen LogP contribution in [0.1, 0.15) is 118 Å². The van der Waals surface area contributed by atoms with Crippen molar-refractivity contribution >= 4 is 74.3 Å². The van der Waals surface area contributed by atoms with Gasteiger partial charge in [-0.15, -0.1) is 0 Å². The van der Waals surface area contributed by atoms with Gasteiger partial charge in [0, 0.05) is 55.3 Å². The average Bonchev–Trinajstić information content (AvgIpc) is 3.54. The monoisotopic (exact) mass is 915 g/mol. The summed E-state index contributed by atoms with van der Waals surface area (Å²) >= 11 is 0. The second kappa shape index (κ2) is 15.6. The maximum Gasteiger partial charge on any atom is 0.252 e. The molecule has 4 heteroatoms. The molecule has 2 aliphatic carbocycles. The summed E-state index contributed by atoms with van der Waals surface area (Å²) in [6, 6.07) is 59.6. The molecule has 0 saturated carbocycles. The van der Waals surface area contributed by atoms with Crippen molar-refractivity contribution in [3.8, 4) is 11.1 Å². The maximum atomic E-state index is 9.28. The predicted octanol–water partition coefficient (Wildman–Crippen LogP) is 16.1. The maximum absolute atomic E-state index is 9.28. The molecule has 0 unspecified atom stereocenters. The zero-order chi connectivity index (χ0) is 51.1. The zero-order valence-electron chi connectivity index (χ0n) is 45.6. The van der Waals surface area contributed by atoms with Gasteiger partial charge >= 0.3 is 0 Å². The quantitative estimate of drug-likeness (QED) is 0.154. The summed E-state index contributed by atoms with van der Waals surface area (Å²) in [4.78, 5) is 7.24. The molecule has 3 nitrogen and oxygen atoms in total. The Bertz CT molecular complexity index is 3480. The van der Waals surface area contributed by atoms with Crippen molar-refractivity contribution in [2.75, 3.05) is 14.7 Å². The van der Waals surface area contributed by atoms with Gasteiger partial charge in [-0.2, -0.15) is 0 Å². The number of aryl methyl sites for hydroxylation is 3. The summed E-state index contributed by atoms with van der Waals surface area (Å²) in [7, 11) is 0. The summed E-state index contributed by atoms with van der Waals surface area (Å²) in [6.07, 6.45) is 3.25. The summed E-state index contributed by atoms with van der Waals surface area (Å²) in [5.41, 5.74) is 23.0. The van der Waals surface area contributed by atoms with E-state index in [9.17, 15) is 4.11 Å². The van der Waals surface area contributed by atoms with Crippen LogP contribution in [0.15, 0.2) is 164 Å². The minimum Gasteiger partial charge on any atom is -0.311 e. The Morgan fingerprint density at radius 1 is 0.429 bits per heavy atom. The molecule has 0 N–H and O–H groups in total. The molecule has 0 atom stereocenters. The lowest BCUT2D eigenvalue weighted by Gasteiger charge is -2.47. The third kappa shape index (κ3) is 6.84. The van der Waals surface area contributed by atoms with Gasteiger partial charge in [-0.05, 0) is 195 Å². The fourth-order valence-electron chi connectivity index (χ4n) is 13.3. The van der Waals surface area contributed by atoms with Crippen LogP contribution in [-0.4, -0.2) is 6.71 Å². The summed E-state index contributed by atoms with van der Waals surface area (Å²) in [5.74, 6) is 0. The number of hydrogen-bond donors (Lipinski definition) is 0. The van der Waals surface area contributed by atoms with Gasteiger partial charge in [0.25, 0.3) is 6.71 Å².